The normalized spacial score (nSPS) is 13.2. The van der Waals surface area contributed by atoms with Crippen molar-refractivity contribution < 1.29 is 0 Å². The average molecular weight is 258 g/mol. The molecule has 102 valence electrons. The zero-order chi connectivity index (χ0) is 13.8. The Bertz CT molecular complexity index is 504. The van der Waals surface area contributed by atoms with Crippen LogP contribution in [0.25, 0.3) is 0 Å². The fourth-order valence-electron chi connectivity index (χ4n) is 2.17. The second-order valence-electron chi connectivity index (χ2n) is 5.22. The Morgan fingerprint density at radius 1 is 1.26 bits per heavy atom. The van der Waals surface area contributed by atoms with Crippen LogP contribution >= 0.6 is 0 Å². The summed E-state index contributed by atoms with van der Waals surface area (Å²) in [6, 6.07) is 4.86. The van der Waals surface area contributed by atoms with E-state index < -0.39 is 0 Å². The van der Waals surface area contributed by atoms with Gasteiger partial charge in [-0.15, -0.1) is 0 Å². The highest BCUT2D eigenvalue weighted by Crippen LogP contribution is 2.20. The Morgan fingerprint density at radius 3 is 2.68 bits per heavy atom. The molecule has 1 atom stereocenters. The lowest BCUT2D eigenvalue weighted by Crippen LogP contribution is -2.24. The summed E-state index contributed by atoms with van der Waals surface area (Å²) in [6.45, 7) is 7.38. The molecule has 1 unspecified atom stereocenters. The van der Waals surface area contributed by atoms with Crippen molar-refractivity contribution in [2.24, 2.45) is 0 Å². The highest BCUT2D eigenvalue weighted by Gasteiger charge is 2.15. The first kappa shape index (κ1) is 13.7. The largest absolute Gasteiger partial charge is 0.331 e. The number of imidazole rings is 1. The molecule has 2 aromatic rings. The fraction of sp³-hybridized carbons (Fsp3) is 0.467. The summed E-state index contributed by atoms with van der Waals surface area (Å²) < 4.78 is 2.21. The van der Waals surface area contributed by atoms with Gasteiger partial charge in [0, 0.05) is 36.9 Å². The molecule has 0 spiro atoms. The SMILES string of the molecule is CC(c1cccnc1)N(C)Cc1nccn1C(C)C. The first-order chi connectivity index (χ1) is 9.09. The van der Waals surface area contributed by atoms with Crippen LogP contribution in [0.4, 0.5) is 0 Å². The third kappa shape index (κ3) is 3.20. The lowest BCUT2D eigenvalue weighted by Gasteiger charge is -2.25. The summed E-state index contributed by atoms with van der Waals surface area (Å²) in [7, 11) is 2.12. The number of pyridine rings is 1. The van der Waals surface area contributed by atoms with Crippen molar-refractivity contribution in [2.45, 2.75) is 39.4 Å². The topological polar surface area (TPSA) is 34.0 Å². The lowest BCUT2D eigenvalue weighted by atomic mass is 10.1. The van der Waals surface area contributed by atoms with Crippen molar-refractivity contribution in [3.05, 3.63) is 48.3 Å². The van der Waals surface area contributed by atoms with E-state index in [0.29, 0.717) is 12.1 Å². The molecule has 0 saturated carbocycles. The van der Waals surface area contributed by atoms with Crippen LogP contribution in [0.1, 0.15) is 44.2 Å². The van der Waals surface area contributed by atoms with Gasteiger partial charge in [-0.05, 0) is 39.4 Å². The maximum atomic E-state index is 4.46. The molecule has 2 aromatic heterocycles. The van der Waals surface area contributed by atoms with Gasteiger partial charge in [-0.1, -0.05) is 6.07 Å². The van der Waals surface area contributed by atoms with E-state index in [0.717, 1.165) is 12.4 Å². The predicted molar refractivity (Wildman–Crippen MR) is 76.7 cm³/mol. The van der Waals surface area contributed by atoms with Crippen LogP contribution < -0.4 is 0 Å². The molecule has 4 nitrogen and oxygen atoms in total. The van der Waals surface area contributed by atoms with Gasteiger partial charge in [-0.3, -0.25) is 9.88 Å². The standard InChI is InChI=1S/C15H22N4/c1-12(2)19-9-8-17-15(19)11-18(4)13(3)14-6-5-7-16-10-14/h5-10,12-13H,11H2,1-4H3. The van der Waals surface area contributed by atoms with E-state index in [1.54, 1.807) is 0 Å². The smallest absolute Gasteiger partial charge is 0.123 e. The Labute approximate surface area is 115 Å². The number of aromatic nitrogens is 3. The van der Waals surface area contributed by atoms with Gasteiger partial charge in [0.1, 0.15) is 5.82 Å². The Balaban J connectivity index is 2.08. The number of nitrogens with zero attached hydrogens (tertiary/aromatic N) is 4. The van der Waals surface area contributed by atoms with Gasteiger partial charge in [0.25, 0.3) is 0 Å². The molecule has 0 fully saturated rings. The molecular weight excluding hydrogens is 236 g/mol. The Hall–Kier alpha value is -1.68. The van der Waals surface area contributed by atoms with Crippen LogP contribution in [-0.4, -0.2) is 26.5 Å². The lowest BCUT2D eigenvalue weighted by molar-refractivity contribution is 0.241. The zero-order valence-corrected chi connectivity index (χ0v) is 12.1. The zero-order valence-electron chi connectivity index (χ0n) is 12.1. The van der Waals surface area contributed by atoms with Crippen molar-refractivity contribution in [1.82, 2.24) is 19.4 Å². The van der Waals surface area contributed by atoms with E-state index in [1.807, 2.05) is 30.9 Å². The average Bonchev–Trinajstić information content (AvgIpc) is 2.87. The first-order valence-corrected chi connectivity index (χ1v) is 6.71. The van der Waals surface area contributed by atoms with Crippen molar-refractivity contribution >= 4 is 0 Å². The third-order valence-electron chi connectivity index (χ3n) is 3.52. The van der Waals surface area contributed by atoms with Crippen LogP contribution in [0, 0.1) is 0 Å². The molecule has 0 N–H and O–H groups in total. The number of rotatable bonds is 5. The van der Waals surface area contributed by atoms with Gasteiger partial charge in [0.05, 0.1) is 6.54 Å². The summed E-state index contributed by atoms with van der Waals surface area (Å²) >= 11 is 0. The molecule has 0 aliphatic heterocycles. The van der Waals surface area contributed by atoms with E-state index in [9.17, 15) is 0 Å². The van der Waals surface area contributed by atoms with Crippen molar-refractivity contribution in [1.29, 1.82) is 0 Å². The summed E-state index contributed by atoms with van der Waals surface area (Å²) in [4.78, 5) is 10.9. The van der Waals surface area contributed by atoms with Gasteiger partial charge in [0.15, 0.2) is 0 Å². The maximum absolute atomic E-state index is 4.46. The second-order valence-corrected chi connectivity index (χ2v) is 5.22. The minimum Gasteiger partial charge on any atom is -0.331 e. The quantitative estimate of drug-likeness (QED) is 0.826. The van der Waals surface area contributed by atoms with E-state index in [1.165, 1.54) is 5.56 Å². The minimum atomic E-state index is 0.325. The monoisotopic (exact) mass is 258 g/mol. The molecule has 19 heavy (non-hydrogen) atoms. The maximum Gasteiger partial charge on any atom is 0.123 e. The van der Waals surface area contributed by atoms with Crippen LogP contribution in [0.15, 0.2) is 36.9 Å². The molecule has 4 heteroatoms. The summed E-state index contributed by atoms with van der Waals surface area (Å²) in [5.41, 5.74) is 1.23. The molecule has 2 rings (SSSR count). The first-order valence-electron chi connectivity index (χ1n) is 6.71. The van der Waals surface area contributed by atoms with Crippen LogP contribution in [0.5, 0.6) is 0 Å². The molecule has 2 heterocycles. The third-order valence-corrected chi connectivity index (χ3v) is 3.52. The van der Waals surface area contributed by atoms with Crippen molar-refractivity contribution in [2.75, 3.05) is 7.05 Å². The van der Waals surface area contributed by atoms with Crippen LogP contribution in [0.2, 0.25) is 0 Å². The van der Waals surface area contributed by atoms with Gasteiger partial charge < -0.3 is 4.57 Å². The summed E-state index contributed by atoms with van der Waals surface area (Å²) in [6.07, 6.45) is 7.65. The minimum absolute atomic E-state index is 0.325. The number of hydrogen-bond donors (Lipinski definition) is 0. The highest BCUT2D eigenvalue weighted by atomic mass is 15.2. The molecule has 0 aliphatic rings. The molecule has 0 aromatic carbocycles. The van der Waals surface area contributed by atoms with E-state index in [-0.39, 0.29) is 0 Å². The Morgan fingerprint density at radius 2 is 2.05 bits per heavy atom. The van der Waals surface area contributed by atoms with Crippen molar-refractivity contribution in [3.8, 4) is 0 Å². The van der Waals surface area contributed by atoms with Gasteiger partial charge in [0.2, 0.25) is 0 Å². The highest BCUT2D eigenvalue weighted by molar-refractivity contribution is 5.13. The molecular formula is C15H22N4. The molecule has 0 radical (unpaired) electrons. The predicted octanol–water partition coefficient (Wildman–Crippen LogP) is 3.05. The van der Waals surface area contributed by atoms with Gasteiger partial charge >= 0.3 is 0 Å². The molecule has 0 bridgehead atoms. The molecule has 0 saturated heterocycles. The second kappa shape index (κ2) is 5.97. The van der Waals surface area contributed by atoms with Crippen molar-refractivity contribution in [3.63, 3.8) is 0 Å². The van der Waals surface area contributed by atoms with Gasteiger partial charge in [-0.2, -0.15) is 0 Å². The van der Waals surface area contributed by atoms with E-state index in [2.05, 4.69) is 53.3 Å². The fourth-order valence-corrected chi connectivity index (χ4v) is 2.17. The van der Waals surface area contributed by atoms with Gasteiger partial charge in [-0.25, -0.2) is 4.98 Å². The number of hydrogen-bond acceptors (Lipinski definition) is 3. The van der Waals surface area contributed by atoms with E-state index >= 15 is 0 Å². The van der Waals surface area contributed by atoms with Crippen LogP contribution in [-0.2, 0) is 6.54 Å². The summed E-state index contributed by atoms with van der Waals surface area (Å²) in [5.74, 6) is 1.10. The van der Waals surface area contributed by atoms with Crippen LogP contribution in [0.3, 0.4) is 0 Å². The van der Waals surface area contributed by atoms with E-state index in [4.69, 9.17) is 0 Å². The Kier molecular flexibility index (Phi) is 4.32. The molecule has 0 aliphatic carbocycles. The molecule has 0 amide bonds. The summed E-state index contributed by atoms with van der Waals surface area (Å²) in [5, 5.41) is 0.